The Balaban J connectivity index is 2.49. The van der Waals surface area contributed by atoms with Crippen LogP contribution in [0.5, 0.6) is 0 Å². The van der Waals surface area contributed by atoms with Crippen molar-refractivity contribution in [1.29, 1.82) is 0 Å². The Hall–Kier alpha value is 0.310. The van der Waals surface area contributed by atoms with Gasteiger partial charge in [0.15, 0.2) is 0 Å². The van der Waals surface area contributed by atoms with E-state index in [1.54, 1.807) is 0 Å². The van der Waals surface area contributed by atoms with Crippen LogP contribution in [0.2, 0.25) is 0 Å². The summed E-state index contributed by atoms with van der Waals surface area (Å²) < 4.78 is 0. The first-order valence-electron chi connectivity index (χ1n) is 8.80. The molecule has 0 radical (unpaired) electrons. The molecule has 1 rings (SSSR count). The Labute approximate surface area is 132 Å². The van der Waals surface area contributed by atoms with Gasteiger partial charge in [0.2, 0.25) is 0 Å². The van der Waals surface area contributed by atoms with Gasteiger partial charge in [-0.3, -0.25) is 0 Å². The Morgan fingerprint density at radius 3 is 2.50 bits per heavy atom. The predicted octanol–water partition coefficient (Wildman–Crippen LogP) is 5.35. The average Bonchev–Trinajstić information content (AvgIpc) is 2.41. The second-order valence-electron chi connectivity index (χ2n) is 7.54. The second-order valence-corrected chi connectivity index (χ2v) is 8.93. The molecule has 1 nitrogen and oxygen atoms in total. The van der Waals surface area contributed by atoms with Crippen LogP contribution in [-0.2, 0) is 0 Å². The minimum atomic E-state index is 0.492. The van der Waals surface area contributed by atoms with Gasteiger partial charge in [-0.2, -0.15) is 11.8 Å². The van der Waals surface area contributed by atoms with Crippen molar-refractivity contribution in [3.8, 4) is 0 Å². The third-order valence-corrected chi connectivity index (χ3v) is 5.92. The van der Waals surface area contributed by atoms with E-state index in [0.717, 1.165) is 17.9 Å². The third-order valence-electron chi connectivity index (χ3n) is 4.93. The van der Waals surface area contributed by atoms with Crippen molar-refractivity contribution < 1.29 is 0 Å². The lowest BCUT2D eigenvalue weighted by Gasteiger charge is -2.42. The molecule has 0 saturated heterocycles. The highest BCUT2D eigenvalue weighted by Crippen LogP contribution is 2.41. The molecule has 1 saturated carbocycles. The SMILES string of the molecule is CCCNC1CCC(C(C)(C)C)CC1CCCSCC. The van der Waals surface area contributed by atoms with Gasteiger partial charge in [0, 0.05) is 6.04 Å². The molecule has 2 heteroatoms. The van der Waals surface area contributed by atoms with Gasteiger partial charge < -0.3 is 5.32 Å². The molecule has 1 aliphatic carbocycles. The summed E-state index contributed by atoms with van der Waals surface area (Å²) in [5, 5.41) is 3.83. The predicted molar refractivity (Wildman–Crippen MR) is 94.6 cm³/mol. The second kappa shape index (κ2) is 9.35. The standard InChI is InChI=1S/C18H37NS/c1-6-12-19-17-11-10-16(18(3,4)5)14-15(17)9-8-13-20-7-2/h15-17,19H,6-14H2,1-5H3. The van der Waals surface area contributed by atoms with Gasteiger partial charge in [0.25, 0.3) is 0 Å². The van der Waals surface area contributed by atoms with E-state index in [2.05, 4.69) is 51.7 Å². The van der Waals surface area contributed by atoms with E-state index < -0.39 is 0 Å². The zero-order valence-corrected chi connectivity index (χ0v) is 15.3. The van der Waals surface area contributed by atoms with Crippen LogP contribution in [0.1, 0.15) is 73.1 Å². The molecule has 0 aromatic heterocycles. The molecule has 1 aliphatic rings. The van der Waals surface area contributed by atoms with Crippen LogP contribution in [0, 0.1) is 17.3 Å². The van der Waals surface area contributed by atoms with Crippen molar-refractivity contribution in [2.24, 2.45) is 17.3 Å². The van der Waals surface area contributed by atoms with Crippen LogP contribution in [0.4, 0.5) is 0 Å². The van der Waals surface area contributed by atoms with E-state index in [1.807, 2.05) is 0 Å². The molecule has 0 aliphatic heterocycles. The summed E-state index contributed by atoms with van der Waals surface area (Å²) in [4.78, 5) is 0. The van der Waals surface area contributed by atoms with Crippen molar-refractivity contribution in [3.63, 3.8) is 0 Å². The normalized spacial score (nSPS) is 27.8. The van der Waals surface area contributed by atoms with Crippen LogP contribution < -0.4 is 5.32 Å². The van der Waals surface area contributed by atoms with Gasteiger partial charge in [-0.25, -0.2) is 0 Å². The van der Waals surface area contributed by atoms with Crippen molar-refractivity contribution in [2.45, 2.75) is 79.2 Å². The van der Waals surface area contributed by atoms with Gasteiger partial charge >= 0.3 is 0 Å². The highest BCUT2D eigenvalue weighted by atomic mass is 32.2. The van der Waals surface area contributed by atoms with Crippen LogP contribution >= 0.6 is 11.8 Å². The highest BCUT2D eigenvalue weighted by molar-refractivity contribution is 7.99. The Kier molecular flexibility index (Phi) is 8.59. The zero-order chi connectivity index (χ0) is 15.0. The van der Waals surface area contributed by atoms with E-state index in [4.69, 9.17) is 0 Å². The number of hydrogen-bond donors (Lipinski definition) is 1. The number of hydrogen-bond acceptors (Lipinski definition) is 2. The molecule has 3 unspecified atom stereocenters. The maximum absolute atomic E-state index is 3.83. The number of thioether (sulfide) groups is 1. The van der Waals surface area contributed by atoms with Crippen LogP contribution in [0.15, 0.2) is 0 Å². The molecule has 120 valence electrons. The summed E-state index contributed by atoms with van der Waals surface area (Å²) in [5.74, 6) is 4.46. The molecule has 0 amide bonds. The van der Waals surface area contributed by atoms with E-state index in [9.17, 15) is 0 Å². The summed E-state index contributed by atoms with van der Waals surface area (Å²) >= 11 is 2.10. The first kappa shape index (κ1) is 18.4. The van der Waals surface area contributed by atoms with Crippen LogP contribution in [0.25, 0.3) is 0 Å². The van der Waals surface area contributed by atoms with Gasteiger partial charge in [-0.05, 0) is 73.8 Å². The van der Waals surface area contributed by atoms with Crippen LogP contribution in [-0.4, -0.2) is 24.1 Å². The van der Waals surface area contributed by atoms with E-state index in [1.165, 1.54) is 56.6 Å². The highest BCUT2D eigenvalue weighted by Gasteiger charge is 2.35. The van der Waals surface area contributed by atoms with Crippen molar-refractivity contribution in [3.05, 3.63) is 0 Å². The van der Waals surface area contributed by atoms with Gasteiger partial charge in [0.1, 0.15) is 0 Å². The summed E-state index contributed by atoms with van der Waals surface area (Å²) in [5.41, 5.74) is 0.492. The molecule has 0 heterocycles. The zero-order valence-electron chi connectivity index (χ0n) is 14.5. The van der Waals surface area contributed by atoms with Crippen molar-refractivity contribution in [2.75, 3.05) is 18.1 Å². The quantitative estimate of drug-likeness (QED) is 0.606. The average molecular weight is 300 g/mol. The number of nitrogens with one attached hydrogen (secondary N) is 1. The molecule has 1 N–H and O–H groups in total. The molecular formula is C18H37NS. The van der Waals surface area contributed by atoms with E-state index in [-0.39, 0.29) is 0 Å². The molecule has 0 spiro atoms. The lowest BCUT2D eigenvalue weighted by molar-refractivity contribution is 0.109. The Morgan fingerprint density at radius 2 is 1.90 bits per heavy atom. The maximum Gasteiger partial charge on any atom is 0.00955 e. The fourth-order valence-corrected chi connectivity index (χ4v) is 4.22. The van der Waals surface area contributed by atoms with E-state index in [0.29, 0.717) is 5.41 Å². The maximum atomic E-state index is 3.83. The van der Waals surface area contributed by atoms with Gasteiger partial charge in [0.05, 0.1) is 0 Å². The molecule has 0 aromatic rings. The molecule has 3 atom stereocenters. The molecular weight excluding hydrogens is 262 g/mol. The fourth-order valence-electron chi connectivity index (χ4n) is 3.56. The van der Waals surface area contributed by atoms with Crippen LogP contribution in [0.3, 0.4) is 0 Å². The third kappa shape index (κ3) is 6.39. The minimum absolute atomic E-state index is 0.492. The summed E-state index contributed by atoms with van der Waals surface area (Å²) in [7, 11) is 0. The first-order valence-corrected chi connectivity index (χ1v) is 9.95. The fraction of sp³-hybridized carbons (Fsp3) is 1.00. The molecule has 1 fully saturated rings. The van der Waals surface area contributed by atoms with E-state index >= 15 is 0 Å². The number of rotatable bonds is 8. The summed E-state index contributed by atoms with van der Waals surface area (Å²) in [6, 6.07) is 0.792. The molecule has 0 aromatic carbocycles. The Morgan fingerprint density at radius 1 is 1.15 bits per heavy atom. The smallest absolute Gasteiger partial charge is 0.00955 e. The molecule has 0 bridgehead atoms. The Bertz CT molecular complexity index is 246. The molecule has 20 heavy (non-hydrogen) atoms. The minimum Gasteiger partial charge on any atom is -0.314 e. The van der Waals surface area contributed by atoms with Crippen molar-refractivity contribution >= 4 is 11.8 Å². The lowest BCUT2D eigenvalue weighted by Crippen LogP contribution is -2.43. The largest absolute Gasteiger partial charge is 0.314 e. The monoisotopic (exact) mass is 299 g/mol. The lowest BCUT2D eigenvalue weighted by atomic mass is 9.66. The topological polar surface area (TPSA) is 12.0 Å². The first-order chi connectivity index (χ1) is 9.49. The summed E-state index contributed by atoms with van der Waals surface area (Å²) in [6.45, 7) is 13.0. The van der Waals surface area contributed by atoms with Gasteiger partial charge in [-0.15, -0.1) is 0 Å². The van der Waals surface area contributed by atoms with Gasteiger partial charge in [-0.1, -0.05) is 34.6 Å². The van der Waals surface area contributed by atoms with Crippen molar-refractivity contribution in [1.82, 2.24) is 5.32 Å². The summed E-state index contributed by atoms with van der Waals surface area (Å²) in [6.07, 6.45) is 8.36.